The highest BCUT2D eigenvalue weighted by Crippen LogP contribution is 2.45. The second kappa shape index (κ2) is 70.4. The van der Waals surface area contributed by atoms with Gasteiger partial charge in [-0.1, -0.05) is 363 Å². The van der Waals surface area contributed by atoms with Crippen LogP contribution < -0.4 is 0 Å². The molecule has 17 nitrogen and oxygen atoms in total. The molecule has 99 heavy (non-hydrogen) atoms. The second-order valence-electron chi connectivity index (χ2n) is 30.2. The molecule has 19 heteroatoms. The Balaban J connectivity index is 5.23. The Morgan fingerprint density at radius 2 is 0.465 bits per heavy atom. The zero-order chi connectivity index (χ0) is 73.0. The Kier molecular flexibility index (Phi) is 69.0. The number of aliphatic hydroxyl groups is 1. The van der Waals surface area contributed by atoms with Crippen LogP contribution in [0.15, 0.2) is 0 Å². The molecule has 0 rings (SSSR count). The number of unbranched alkanes of at least 4 members (excludes halogenated alkanes) is 46. The number of esters is 4. The van der Waals surface area contributed by atoms with Crippen molar-refractivity contribution in [2.45, 2.75) is 433 Å². The topological polar surface area (TPSA) is 237 Å². The van der Waals surface area contributed by atoms with Crippen molar-refractivity contribution in [1.82, 2.24) is 0 Å². The lowest BCUT2D eigenvalue weighted by Gasteiger charge is -2.21. The van der Waals surface area contributed by atoms with Gasteiger partial charge in [0.05, 0.1) is 26.4 Å². The largest absolute Gasteiger partial charge is 0.472 e. The fourth-order valence-electron chi connectivity index (χ4n) is 12.3. The minimum absolute atomic E-state index is 0.106. The van der Waals surface area contributed by atoms with E-state index in [0.29, 0.717) is 31.6 Å². The van der Waals surface area contributed by atoms with Crippen LogP contribution in [0, 0.1) is 17.8 Å². The summed E-state index contributed by atoms with van der Waals surface area (Å²) in [6.45, 7) is 11.9. The molecule has 3 N–H and O–H groups in total. The summed E-state index contributed by atoms with van der Waals surface area (Å²) in [5, 5.41) is 10.6. The highest BCUT2D eigenvalue weighted by Gasteiger charge is 2.30. The number of hydrogen-bond donors (Lipinski definition) is 3. The Morgan fingerprint density at radius 3 is 0.687 bits per heavy atom. The van der Waals surface area contributed by atoms with Gasteiger partial charge in [-0.25, -0.2) is 9.13 Å². The highest BCUT2D eigenvalue weighted by atomic mass is 31.2. The number of hydrogen-bond acceptors (Lipinski definition) is 15. The lowest BCUT2D eigenvalue weighted by atomic mass is 10.0. The molecule has 0 saturated carbocycles. The zero-order valence-electron chi connectivity index (χ0n) is 65.0. The Morgan fingerprint density at radius 1 is 0.273 bits per heavy atom. The van der Waals surface area contributed by atoms with E-state index in [4.69, 9.17) is 37.0 Å². The van der Waals surface area contributed by atoms with E-state index < -0.39 is 97.5 Å². The Bertz CT molecular complexity index is 1920. The van der Waals surface area contributed by atoms with Crippen molar-refractivity contribution < 1.29 is 80.2 Å². The highest BCUT2D eigenvalue weighted by molar-refractivity contribution is 7.47. The third-order valence-electron chi connectivity index (χ3n) is 18.6. The predicted molar refractivity (Wildman–Crippen MR) is 405 cm³/mol. The molecule has 0 aromatic carbocycles. The maximum absolute atomic E-state index is 13.1. The minimum atomic E-state index is -4.96. The molecule has 5 atom stereocenters. The van der Waals surface area contributed by atoms with Crippen molar-refractivity contribution in [3.05, 3.63) is 0 Å². The van der Waals surface area contributed by atoms with E-state index in [0.717, 1.165) is 108 Å². The van der Waals surface area contributed by atoms with Crippen LogP contribution in [0.3, 0.4) is 0 Å². The summed E-state index contributed by atoms with van der Waals surface area (Å²) in [6.07, 6.45) is 58.4. The average molecular weight is 1450 g/mol. The van der Waals surface area contributed by atoms with Gasteiger partial charge in [0.2, 0.25) is 0 Å². The van der Waals surface area contributed by atoms with Crippen molar-refractivity contribution in [2.24, 2.45) is 17.8 Å². The second-order valence-corrected chi connectivity index (χ2v) is 33.1. The fourth-order valence-corrected chi connectivity index (χ4v) is 13.9. The Labute approximate surface area is 607 Å². The molecule has 0 heterocycles. The first-order chi connectivity index (χ1) is 47.7. The van der Waals surface area contributed by atoms with E-state index >= 15 is 0 Å². The van der Waals surface area contributed by atoms with Gasteiger partial charge < -0.3 is 33.8 Å². The number of phosphoric acid groups is 2. The molecule has 0 saturated heterocycles. The molecule has 0 amide bonds. The lowest BCUT2D eigenvalue weighted by molar-refractivity contribution is -0.161. The summed E-state index contributed by atoms with van der Waals surface area (Å²) in [7, 11) is -9.92. The monoisotopic (exact) mass is 1450 g/mol. The van der Waals surface area contributed by atoms with E-state index in [1.807, 2.05) is 0 Å². The number of rotatable bonds is 78. The molecule has 2 unspecified atom stereocenters. The van der Waals surface area contributed by atoms with Gasteiger partial charge in [-0.3, -0.25) is 37.3 Å². The summed E-state index contributed by atoms with van der Waals surface area (Å²) in [6, 6.07) is 0. The third kappa shape index (κ3) is 74.1. The van der Waals surface area contributed by atoms with Crippen molar-refractivity contribution in [1.29, 1.82) is 0 Å². The van der Waals surface area contributed by atoms with Gasteiger partial charge in [-0.15, -0.1) is 0 Å². The maximum atomic E-state index is 13.1. The lowest BCUT2D eigenvalue weighted by Crippen LogP contribution is -2.30. The van der Waals surface area contributed by atoms with Gasteiger partial charge in [0.1, 0.15) is 19.3 Å². The Hall–Kier alpha value is -1.94. The first-order valence-corrected chi connectivity index (χ1v) is 44.3. The number of carbonyl (C=O) groups excluding carboxylic acids is 4. The van der Waals surface area contributed by atoms with Crippen LogP contribution in [-0.4, -0.2) is 96.7 Å². The quantitative estimate of drug-likeness (QED) is 0.0222. The molecule has 0 radical (unpaired) electrons. The minimum Gasteiger partial charge on any atom is -0.462 e. The SMILES string of the molecule is CCCCCCCCCCCCCCCCCCCC(=O)OC[C@H](COP(=O)(O)OC[C@@H](O)COP(=O)(O)OC[C@@H](COC(=O)CCCCCCCCC(C)C)OC(=O)CCCCCCCCCCCCCCC(C)C)OC(=O)CCCCCCCCCCCCCCCCCC(C)C. The summed E-state index contributed by atoms with van der Waals surface area (Å²) >= 11 is 0. The van der Waals surface area contributed by atoms with Crippen LogP contribution in [0.2, 0.25) is 0 Å². The normalized spacial score (nSPS) is 14.0. The van der Waals surface area contributed by atoms with Crippen molar-refractivity contribution in [3.8, 4) is 0 Å². The van der Waals surface area contributed by atoms with Gasteiger partial charge in [0.15, 0.2) is 12.2 Å². The van der Waals surface area contributed by atoms with Gasteiger partial charge >= 0.3 is 39.5 Å². The van der Waals surface area contributed by atoms with E-state index in [2.05, 4.69) is 48.5 Å². The fraction of sp³-hybridized carbons (Fsp3) is 0.950. The number of carbonyl (C=O) groups is 4. The summed E-state index contributed by atoms with van der Waals surface area (Å²) in [4.78, 5) is 73.0. The number of aliphatic hydroxyl groups excluding tert-OH is 1. The van der Waals surface area contributed by atoms with Crippen LogP contribution in [0.4, 0.5) is 0 Å². The molecular weight excluding hydrogens is 1290 g/mol. The van der Waals surface area contributed by atoms with Crippen LogP contribution in [0.1, 0.15) is 414 Å². The van der Waals surface area contributed by atoms with Crippen molar-refractivity contribution in [3.63, 3.8) is 0 Å². The van der Waals surface area contributed by atoms with Crippen LogP contribution in [0.25, 0.3) is 0 Å². The third-order valence-corrected chi connectivity index (χ3v) is 20.5. The van der Waals surface area contributed by atoms with Crippen LogP contribution in [0.5, 0.6) is 0 Å². The number of ether oxygens (including phenoxy) is 4. The van der Waals surface area contributed by atoms with Gasteiger partial charge in [-0.2, -0.15) is 0 Å². The van der Waals surface area contributed by atoms with Gasteiger partial charge in [0.25, 0.3) is 0 Å². The first-order valence-electron chi connectivity index (χ1n) is 41.3. The van der Waals surface area contributed by atoms with E-state index in [1.54, 1.807) is 0 Å². The molecule has 0 aliphatic carbocycles. The molecule has 0 fully saturated rings. The average Bonchev–Trinajstić information content (AvgIpc) is 1.08. The van der Waals surface area contributed by atoms with Crippen molar-refractivity contribution >= 4 is 39.5 Å². The maximum Gasteiger partial charge on any atom is 0.472 e. The summed E-state index contributed by atoms with van der Waals surface area (Å²) < 4.78 is 68.7. The van der Waals surface area contributed by atoms with Crippen LogP contribution >= 0.6 is 15.6 Å². The molecular formula is C80H156O17P2. The standard InChI is InChI=1S/C80H156O17P2/c1-8-9-10-11-12-13-14-15-16-17-20-23-29-34-39-47-54-61-77(82)90-67-75(96-79(84)63-56-49-40-35-30-24-21-18-19-22-27-32-37-44-51-58-71(2)3)69-94-98(86,87)92-65-74(81)66-93-99(88,89)95-70-76(68-91-78(83)62-55-48-43-42-46-53-60-73(6)7)97-80(85)64-57-50-41-36-31-26-25-28-33-38-45-52-59-72(4)5/h71-76,81H,8-70H2,1-7H3,(H,86,87)(H,88,89)/t74-,75-,76-/m1/s1. The molecule has 0 aromatic heterocycles. The van der Waals surface area contributed by atoms with E-state index in [-0.39, 0.29) is 25.7 Å². The summed E-state index contributed by atoms with van der Waals surface area (Å²) in [5.41, 5.74) is 0. The smallest absolute Gasteiger partial charge is 0.462 e. The van der Waals surface area contributed by atoms with E-state index in [1.165, 1.54) is 218 Å². The molecule has 0 bridgehead atoms. The summed E-state index contributed by atoms with van der Waals surface area (Å²) in [5.74, 6) is 0.145. The van der Waals surface area contributed by atoms with Gasteiger partial charge in [0, 0.05) is 25.7 Å². The van der Waals surface area contributed by atoms with Gasteiger partial charge in [-0.05, 0) is 43.4 Å². The zero-order valence-corrected chi connectivity index (χ0v) is 66.8. The number of phosphoric ester groups is 2. The van der Waals surface area contributed by atoms with Crippen molar-refractivity contribution in [2.75, 3.05) is 39.6 Å². The molecule has 0 aliphatic rings. The molecule has 0 spiro atoms. The molecule has 588 valence electrons. The van der Waals surface area contributed by atoms with E-state index in [9.17, 15) is 43.2 Å². The molecule has 0 aromatic rings. The van der Waals surface area contributed by atoms with Crippen LogP contribution in [-0.2, 0) is 65.4 Å². The predicted octanol–water partition coefficient (Wildman–Crippen LogP) is 23.7. The first kappa shape index (κ1) is 97.1. The molecule has 0 aliphatic heterocycles.